The molecule has 0 fully saturated rings. The Balaban J connectivity index is 3.23. The molecule has 6 nitrogen and oxygen atoms in total. The van der Waals surface area contributed by atoms with Crippen molar-refractivity contribution in [3.63, 3.8) is 0 Å². The third-order valence-corrected chi connectivity index (χ3v) is 2.37. The third-order valence-electron chi connectivity index (χ3n) is 2.37. The van der Waals surface area contributed by atoms with Gasteiger partial charge in [-0.05, 0) is 24.0 Å². The van der Waals surface area contributed by atoms with Crippen molar-refractivity contribution in [3.05, 3.63) is 33.4 Å². The standard InChI is InChI=1S/C10H14N2O4/c11-10-8(4-6-14)7(3-5-13)1-2-9(10)12(15)16/h1-2,13-14H,3-6,11H2. The maximum Gasteiger partial charge on any atom is 0.292 e. The summed E-state index contributed by atoms with van der Waals surface area (Å²) in [5.74, 6) is 0. The molecule has 0 saturated heterocycles. The van der Waals surface area contributed by atoms with E-state index in [4.69, 9.17) is 15.9 Å². The molecule has 0 spiro atoms. The molecule has 0 heterocycles. The summed E-state index contributed by atoms with van der Waals surface area (Å²) in [4.78, 5) is 10.1. The number of rotatable bonds is 5. The fourth-order valence-electron chi connectivity index (χ4n) is 1.62. The van der Waals surface area contributed by atoms with Crippen LogP contribution in [0.25, 0.3) is 0 Å². The van der Waals surface area contributed by atoms with Crippen molar-refractivity contribution < 1.29 is 15.1 Å². The molecule has 16 heavy (non-hydrogen) atoms. The second kappa shape index (κ2) is 5.43. The van der Waals surface area contributed by atoms with Crippen LogP contribution in [0.5, 0.6) is 0 Å². The molecule has 1 aromatic carbocycles. The molecule has 0 aliphatic carbocycles. The molecular weight excluding hydrogens is 212 g/mol. The Kier molecular flexibility index (Phi) is 4.21. The van der Waals surface area contributed by atoms with Crippen LogP contribution in [-0.2, 0) is 12.8 Å². The normalized spacial score (nSPS) is 10.4. The Morgan fingerprint density at radius 2 is 1.88 bits per heavy atom. The van der Waals surface area contributed by atoms with E-state index in [-0.39, 0.29) is 31.0 Å². The Labute approximate surface area is 92.5 Å². The Morgan fingerprint density at radius 1 is 1.25 bits per heavy atom. The Morgan fingerprint density at radius 3 is 2.38 bits per heavy atom. The molecule has 0 radical (unpaired) electrons. The molecule has 0 saturated carbocycles. The van der Waals surface area contributed by atoms with Gasteiger partial charge in [-0.25, -0.2) is 0 Å². The van der Waals surface area contributed by atoms with Gasteiger partial charge in [0, 0.05) is 19.3 Å². The summed E-state index contributed by atoms with van der Waals surface area (Å²) in [6.45, 7) is -0.195. The number of aliphatic hydroxyl groups excluding tert-OH is 2. The fraction of sp³-hybridized carbons (Fsp3) is 0.400. The molecule has 88 valence electrons. The zero-order chi connectivity index (χ0) is 12.1. The number of hydrogen-bond donors (Lipinski definition) is 3. The van der Waals surface area contributed by atoms with E-state index in [9.17, 15) is 10.1 Å². The van der Waals surface area contributed by atoms with E-state index in [1.165, 1.54) is 6.07 Å². The molecule has 1 aromatic rings. The first-order valence-corrected chi connectivity index (χ1v) is 4.88. The first-order chi connectivity index (χ1) is 7.61. The average Bonchev–Trinajstić information content (AvgIpc) is 2.23. The lowest BCUT2D eigenvalue weighted by Gasteiger charge is -2.10. The number of hydrogen-bond acceptors (Lipinski definition) is 5. The van der Waals surface area contributed by atoms with Crippen molar-refractivity contribution in [2.24, 2.45) is 0 Å². The summed E-state index contributed by atoms with van der Waals surface area (Å²) in [5, 5.41) is 28.4. The van der Waals surface area contributed by atoms with Crippen molar-refractivity contribution in [1.82, 2.24) is 0 Å². The second-order valence-electron chi connectivity index (χ2n) is 3.34. The lowest BCUT2D eigenvalue weighted by molar-refractivity contribution is -0.384. The maximum absolute atomic E-state index is 10.7. The lowest BCUT2D eigenvalue weighted by Crippen LogP contribution is -2.07. The third kappa shape index (κ3) is 2.47. The Bertz CT molecular complexity index is 393. The molecular formula is C10H14N2O4. The number of nitrogens with two attached hydrogens (primary N) is 1. The highest BCUT2D eigenvalue weighted by atomic mass is 16.6. The fourth-order valence-corrected chi connectivity index (χ4v) is 1.62. The van der Waals surface area contributed by atoms with Gasteiger partial charge < -0.3 is 15.9 Å². The SMILES string of the molecule is Nc1c([N+](=O)[O-])ccc(CCO)c1CCO. The molecule has 6 heteroatoms. The van der Waals surface area contributed by atoms with Gasteiger partial charge in [0.2, 0.25) is 0 Å². The molecule has 0 amide bonds. The van der Waals surface area contributed by atoms with Crippen LogP contribution < -0.4 is 5.73 Å². The predicted molar refractivity (Wildman–Crippen MR) is 59.1 cm³/mol. The van der Waals surface area contributed by atoms with Gasteiger partial charge in [-0.15, -0.1) is 0 Å². The van der Waals surface area contributed by atoms with Crippen LogP contribution in [0.2, 0.25) is 0 Å². The quantitative estimate of drug-likeness (QED) is 0.378. The van der Waals surface area contributed by atoms with Gasteiger partial charge in [0.15, 0.2) is 0 Å². The summed E-state index contributed by atoms with van der Waals surface area (Å²) in [6, 6.07) is 2.89. The summed E-state index contributed by atoms with van der Waals surface area (Å²) in [5.41, 5.74) is 6.86. The van der Waals surface area contributed by atoms with Gasteiger partial charge >= 0.3 is 0 Å². The van der Waals surface area contributed by atoms with Crippen LogP contribution in [0.1, 0.15) is 11.1 Å². The molecule has 1 rings (SSSR count). The predicted octanol–water partition coefficient (Wildman–Crippen LogP) is 0.247. The average molecular weight is 226 g/mol. The monoisotopic (exact) mass is 226 g/mol. The first kappa shape index (κ1) is 12.4. The molecule has 0 bridgehead atoms. The number of nitro benzene ring substituents is 1. The lowest BCUT2D eigenvalue weighted by atomic mass is 9.99. The van der Waals surface area contributed by atoms with Crippen molar-refractivity contribution in [2.45, 2.75) is 12.8 Å². The summed E-state index contributed by atoms with van der Waals surface area (Å²) in [7, 11) is 0. The van der Waals surface area contributed by atoms with Crippen LogP contribution >= 0.6 is 0 Å². The molecule has 4 N–H and O–H groups in total. The number of benzene rings is 1. The number of nitrogens with zero attached hydrogens (tertiary/aromatic N) is 1. The highest BCUT2D eigenvalue weighted by molar-refractivity contribution is 5.65. The van der Waals surface area contributed by atoms with Crippen LogP contribution in [0.3, 0.4) is 0 Å². The highest BCUT2D eigenvalue weighted by Crippen LogP contribution is 2.28. The van der Waals surface area contributed by atoms with Gasteiger partial charge in [0.25, 0.3) is 5.69 Å². The largest absolute Gasteiger partial charge is 0.396 e. The molecule has 0 aromatic heterocycles. The van der Waals surface area contributed by atoms with Crippen LogP contribution in [0, 0.1) is 10.1 Å². The minimum atomic E-state index is -0.557. The van der Waals surface area contributed by atoms with Gasteiger partial charge in [-0.1, -0.05) is 6.07 Å². The van der Waals surface area contributed by atoms with Gasteiger partial charge in [-0.2, -0.15) is 0 Å². The molecule has 0 aliphatic heterocycles. The smallest absolute Gasteiger partial charge is 0.292 e. The van der Waals surface area contributed by atoms with Gasteiger partial charge in [0.05, 0.1) is 4.92 Å². The zero-order valence-corrected chi connectivity index (χ0v) is 8.72. The number of aliphatic hydroxyl groups is 2. The van der Waals surface area contributed by atoms with Crippen LogP contribution in [0.4, 0.5) is 11.4 Å². The molecule has 0 atom stereocenters. The van der Waals surface area contributed by atoms with Crippen LogP contribution in [-0.4, -0.2) is 28.4 Å². The van der Waals surface area contributed by atoms with E-state index >= 15 is 0 Å². The van der Waals surface area contributed by atoms with E-state index in [1.54, 1.807) is 6.07 Å². The maximum atomic E-state index is 10.7. The van der Waals surface area contributed by atoms with E-state index in [0.29, 0.717) is 12.0 Å². The highest BCUT2D eigenvalue weighted by Gasteiger charge is 2.17. The number of nitro groups is 1. The Hall–Kier alpha value is -1.66. The first-order valence-electron chi connectivity index (χ1n) is 4.88. The van der Waals surface area contributed by atoms with E-state index in [1.807, 2.05) is 0 Å². The van der Waals surface area contributed by atoms with E-state index in [0.717, 1.165) is 5.56 Å². The minimum Gasteiger partial charge on any atom is -0.396 e. The van der Waals surface area contributed by atoms with Gasteiger partial charge in [-0.3, -0.25) is 10.1 Å². The summed E-state index contributed by atoms with van der Waals surface area (Å²) >= 11 is 0. The van der Waals surface area contributed by atoms with Crippen molar-refractivity contribution in [1.29, 1.82) is 0 Å². The zero-order valence-electron chi connectivity index (χ0n) is 8.72. The molecule has 0 unspecified atom stereocenters. The number of nitrogen functional groups attached to an aromatic ring is 1. The minimum absolute atomic E-state index is 0.0598. The molecule has 0 aliphatic rings. The van der Waals surface area contributed by atoms with Crippen molar-refractivity contribution in [3.8, 4) is 0 Å². The van der Waals surface area contributed by atoms with Gasteiger partial charge in [0.1, 0.15) is 5.69 Å². The van der Waals surface area contributed by atoms with Crippen LogP contribution in [0.15, 0.2) is 12.1 Å². The van der Waals surface area contributed by atoms with E-state index in [2.05, 4.69) is 0 Å². The van der Waals surface area contributed by atoms with Crippen molar-refractivity contribution in [2.75, 3.05) is 18.9 Å². The second-order valence-corrected chi connectivity index (χ2v) is 3.34. The topological polar surface area (TPSA) is 110 Å². The number of anilines is 1. The van der Waals surface area contributed by atoms with Crippen molar-refractivity contribution >= 4 is 11.4 Å². The van der Waals surface area contributed by atoms with E-state index < -0.39 is 4.92 Å². The summed E-state index contributed by atoms with van der Waals surface area (Å²) in [6.07, 6.45) is 0.625. The summed E-state index contributed by atoms with van der Waals surface area (Å²) < 4.78 is 0.